The summed E-state index contributed by atoms with van der Waals surface area (Å²) >= 11 is 0. The fourth-order valence-corrected chi connectivity index (χ4v) is 3.59. The third-order valence-corrected chi connectivity index (χ3v) is 5.21. The minimum absolute atomic E-state index is 0.0356. The highest BCUT2D eigenvalue weighted by Gasteiger charge is 2.27. The molecule has 0 fully saturated rings. The molecule has 0 radical (unpaired) electrons. The number of benzene rings is 2. The van der Waals surface area contributed by atoms with Gasteiger partial charge in [-0.05, 0) is 48.5 Å². The molecule has 0 saturated carbocycles. The monoisotopic (exact) mass is 377 g/mol. The molecule has 0 aliphatic carbocycles. The Morgan fingerprint density at radius 2 is 1.69 bits per heavy atom. The molecule has 138 valence electrons. The highest BCUT2D eigenvalue weighted by Crippen LogP contribution is 2.26. The van der Waals surface area contributed by atoms with Crippen molar-refractivity contribution in [3.63, 3.8) is 0 Å². The molecule has 0 atom stereocenters. The van der Waals surface area contributed by atoms with Gasteiger partial charge in [0.05, 0.1) is 17.7 Å². The quantitative estimate of drug-likeness (QED) is 0.675. The first-order chi connectivity index (χ1) is 12.4. The molecule has 26 heavy (non-hydrogen) atoms. The van der Waals surface area contributed by atoms with Crippen LogP contribution in [0.25, 0.3) is 0 Å². The molecule has 1 N–H and O–H groups in total. The third kappa shape index (κ3) is 4.54. The number of hydrogen-bond donors (Lipinski definition) is 1. The number of carbonyl (C=O) groups is 1. The molecule has 0 unspecified atom stereocenters. The highest BCUT2D eigenvalue weighted by molar-refractivity contribution is 7.92. The van der Waals surface area contributed by atoms with Crippen LogP contribution in [0.1, 0.15) is 0 Å². The predicted molar refractivity (Wildman–Crippen MR) is 97.3 cm³/mol. The summed E-state index contributed by atoms with van der Waals surface area (Å²) in [5.74, 6) is -0.253. The van der Waals surface area contributed by atoms with E-state index >= 15 is 0 Å². The number of nitrogens with zero attached hydrogens (tertiary/aromatic N) is 1. The summed E-state index contributed by atoms with van der Waals surface area (Å²) in [6.07, 6.45) is 1.58. The van der Waals surface area contributed by atoms with Gasteiger partial charge in [0.1, 0.15) is 24.7 Å². The first-order valence-electron chi connectivity index (χ1n) is 7.61. The molecule has 0 aromatic heterocycles. The number of anilines is 1. The fraction of sp³-hybridized carbons (Fsp3) is 0.167. The number of aliphatic carboxylic acids is 1. The Labute approximate surface area is 152 Å². The van der Waals surface area contributed by atoms with Gasteiger partial charge in [-0.25, -0.2) is 8.42 Å². The van der Waals surface area contributed by atoms with E-state index in [-0.39, 0.29) is 10.6 Å². The molecule has 0 amide bonds. The number of rotatable bonds is 9. The van der Waals surface area contributed by atoms with Crippen LogP contribution in [0.3, 0.4) is 0 Å². The van der Waals surface area contributed by atoms with Gasteiger partial charge >= 0.3 is 5.97 Å². The summed E-state index contributed by atoms with van der Waals surface area (Å²) in [7, 11) is -2.60. The molecular formula is C18H19NO6S. The van der Waals surface area contributed by atoms with Crippen molar-refractivity contribution in [2.45, 2.75) is 4.90 Å². The molecule has 2 aromatic carbocycles. The Bertz CT molecular complexity index is 860. The van der Waals surface area contributed by atoms with Gasteiger partial charge in [-0.2, -0.15) is 0 Å². The number of carboxylic acids is 1. The van der Waals surface area contributed by atoms with Gasteiger partial charge in [-0.15, -0.1) is 0 Å². The van der Waals surface area contributed by atoms with Gasteiger partial charge in [-0.1, -0.05) is 12.7 Å². The molecule has 7 nitrogen and oxygen atoms in total. The van der Waals surface area contributed by atoms with Crippen molar-refractivity contribution < 1.29 is 27.8 Å². The Kier molecular flexibility index (Phi) is 6.24. The lowest BCUT2D eigenvalue weighted by Crippen LogP contribution is -2.35. The molecule has 2 aromatic rings. The lowest BCUT2D eigenvalue weighted by Gasteiger charge is -2.23. The van der Waals surface area contributed by atoms with Crippen molar-refractivity contribution >= 4 is 21.7 Å². The van der Waals surface area contributed by atoms with Crippen molar-refractivity contribution in [2.75, 3.05) is 24.6 Å². The van der Waals surface area contributed by atoms with Crippen molar-refractivity contribution in [2.24, 2.45) is 0 Å². The second kappa shape index (κ2) is 8.39. The van der Waals surface area contributed by atoms with E-state index < -0.39 is 22.5 Å². The van der Waals surface area contributed by atoms with E-state index in [1.165, 1.54) is 43.5 Å². The van der Waals surface area contributed by atoms with E-state index in [0.717, 1.165) is 4.31 Å². The summed E-state index contributed by atoms with van der Waals surface area (Å²) in [6, 6.07) is 11.8. The Morgan fingerprint density at radius 3 is 2.19 bits per heavy atom. The molecule has 0 aliphatic rings. The number of sulfonamides is 1. The lowest BCUT2D eigenvalue weighted by atomic mass is 10.3. The minimum Gasteiger partial charge on any atom is -0.497 e. The Morgan fingerprint density at radius 1 is 1.12 bits per heavy atom. The normalized spacial score (nSPS) is 10.8. The average Bonchev–Trinajstić information content (AvgIpc) is 2.64. The minimum atomic E-state index is -4.06. The van der Waals surface area contributed by atoms with E-state index in [9.17, 15) is 13.2 Å². The van der Waals surface area contributed by atoms with E-state index in [2.05, 4.69) is 6.58 Å². The van der Waals surface area contributed by atoms with E-state index in [0.29, 0.717) is 18.1 Å². The number of carboxylic acid groups (broad SMARTS) is 1. The molecule has 2 rings (SSSR count). The van der Waals surface area contributed by atoms with Crippen LogP contribution in [0.2, 0.25) is 0 Å². The summed E-state index contributed by atoms with van der Waals surface area (Å²) in [4.78, 5) is 11.2. The fourth-order valence-electron chi connectivity index (χ4n) is 2.18. The van der Waals surface area contributed by atoms with E-state index in [1.54, 1.807) is 18.2 Å². The second-order valence-corrected chi connectivity index (χ2v) is 7.04. The first kappa shape index (κ1) is 19.3. The molecule has 0 spiro atoms. The van der Waals surface area contributed by atoms with Crippen LogP contribution in [0, 0.1) is 0 Å². The Hall–Kier alpha value is -3.00. The molecule has 8 heteroatoms. The van der Waals surface area contributed by atoms with Gasteiger partial charge in [-0.3, -0.25) is 9.10 Å². The van der Waals surface area contributed by atoms with Crippen LogP contribution in [-0.4, -0.2) is 39.8 Å². The van der Waals surface area contributed by atoms with Crippen molar-refractivity contribution in [3.8, 4) is 11.5 Å². The van der Waals surface area contributed by atoms with Crippen molar-refractivity contribution in [1.29, 1.82) is 0 Å². The maximum Gasteiger partial charge on any atom is 0.324 e. The maximum absolute atomic E-state index is 12.9. The second-order valence-electron chi connectivity index (χ2n) is 5.17. The van der Waals surface area contributed by atoms with Gasteiger partial charge < -0.3 is 14.6 Å². The van der Waals surface area contributed by atoms with Crippen LogP contribution in [0.15, 0.2) is 66.1 Å². The Balaban J connectivity index is 2.38. The standard InChI is InChI=1S/C18H19NO6S/c1-3-12-25-16-6-4-14(5-7-16)19(13-18(20)21)26(22,23)17-10-8-15(24-2)9-11-17/h3-11H,1,12-13H2,2H3,(H,20,21). The zero-order valence-corrected chi connectivity index (χ0v) is 15.0. The number of ether oxygens (including phenoxy) is 2. The van der Waals surface area contributed by atoms with Crippen LogP contribution >= 0.6 is 0 Å². The number of methoxy groups -OCH3 is 1. The van der Waals surface area contributed by atoms with Crippen LogP contribution in [-0.2, 0) is 14.8 Å². The van der Waals surface area contributed by atoms with Gasteiger partial charge in [0, 0.05) is 0 Å². The van der Waals surface area contributed by atoms with E-state index in [1.807, 2.05) is 0 Å². The van der Waals surface area contributed by atoms with Gasteiger partial charge in [0.15, 0.2) is 0 Å². The van der Waals surface area contributed by atoms with Crippen LogP contribution in [0.5, 0.6) is 11.5 Å². The highest BCUT2D eigenvalue weighted by atomic mass is 32.2. The van der Waals surface area contributed by atoms with Crippen LogP contribution < -0.4 is 13.8 Å². The topological polar surface area (TPSA) is 93.1 Å². The SMILES string of the molecule is C=CCOc1ccc(N(CC(=O)O)S(=O)(=O)c2ccc(OC)cc2)cc1. The molecule has 0 aliphatic heterocycles. The summed E-state index contributed by atoms with van der Waals surface area (Å²) < 4.78 is 37.0. The molecule has 0 heterocycles. The largest absolute Gasteiger partial charge is 0.497 e. The lowest BCUT2D eigenvalue weighted by molar-refractivity contribution is -0.135. The van der Waals surface area contributed by atoms with Crippen molar-refractivity contribution in [3.05, 3.63) is 61.2 Å². The number of hydrogen-bond acceptors (Lipinski definition) is 5. The predicted octanol–water partition coefficient (Wildman–Crippen LogP) is 2.54. The summed E-state index contributed by atoms with van der Waals surface area (Å²) in [6.45, 7) is 3.15. The van der Waals surface area contributed by atoms with Crippen LogP contribution in [0.4, 0.5) is 5.69 Å². The zero-order valence-electron chi connectivity index (χ0n) is 14.2. The third-order valence-electron chi connectivity index (χ3n) is 3.42. The first-order valence-corrected chi connectivity index (χ1v) is 9.05. The van der Waals surface area contributed by atoms with Gasteiger partial charge in [0.25, 0.3) is 10.0 Å². The smallest absolute Gasteiger partial charge is 0.324 e. The summed E-state index contributed by atoms with van der Waals surface area (Å²) in [5, 5.41) is 9.15. The summed E-state index contributed by atoms with van der Waals surface area (Å²) in [5.41, 5.74) is 0.217. The van der Waals surface area contributed by atoms with E-state index in [4.69, 9.17) is 14.6 Å². The zero-order chi connectivity index (χ0) is 19.2. The molecule has 0 bridgehead atoms. The van der Waals surface area contributed by atoms with Crippen molar-refractivity contribution in [1.82, 2.24) is 0 Å². The average molecular weight is 377 g/mol. The van der Waals surface area contributed by atoms with Gasteiger partial charge in [0.2, 0.25) is 0 Å². The maximum atomic E-state index is 12.9. The molecular weight excluding hydrogens is 358 g/mol. The molecule has 0 saturated heterocycles.